The molecule has 2 N–H and O–H groups in total. The van der Waals surface area contributed by atoms with E-state index in [9.17, 15) is 4.39 Å². The minimum absolute atomic E-state index is 0.315. The predicted molar refractivity (Wildman–Crippen MR) is 28.6 cm³/mol. The maximum Gasteiger partial charge on any atom is 0.168 e. The van der Waals surface area contributed by atoms with E-state index in [0.29, 0.717) is 0 Å². The lowest BCUT2D eigenvalue weighted by atomic mass is 10.3. The van der Waals surface area contributed by atoms with Gasteiger partial charge in [0.15, 0.2) is 11.6 Å². The van der Waals surface area contributed by atoms with E-state index in [1.165, 1.54) is 0 Å². The Labute approximate surface area is 51.2 Å². The Morgan fingerprint density at radius 3 is 2.56 bits per heavy atom. The second-order valence-electron chi connectivity index (χ2n) is 1.55. The third-order valence-corrected chi connectivity index (χ3v) is 0.865. The monoisotopic (exact) mass is 127 g/mol. The van der Waals surface area contributed by atoms with Crippen LogP contribution in [0.3, 0.4) is 0 Å². The number of phenolic OH excluding ortho intramolecular Hbond substituents is 2. The maximum atomic E-state index is 12.1. The summed E-state index contributed by atoms with van der Waals surface area (Å²) in [7, 11) is 0. The molecule has 1 radical (unpaired) electrons. The van der Waals surface area contributed by atoms with Gasteiger partial charge in [-0.2, -0.15) is 0 Å². The summed E-state index contributed by atoms with van der Waals surface area (Å²) >= 11 is 0. The number of hydrogen-bond acceptors (Lipinski definition) is 2. The van der Waals surface area contributed by atoms with Crippen molar-refractivity contribution in [3.8, 4) is 11.5 Å². The molecule has 0 aliphatic heterocycles. The van der Waals surface area contributed by atoms with Crippen LogP contribution in [-0.2, 0) is 0 Å². The summed E-state index contributed by atoms with van der Waals surface area (Å²) in [5.41, 5.74) is 0. The van der Waals surface area contributed by atoms with E-state index in [1.807, 2.05) is 0 Å². The molecule has 47 valence electrons. The minimum atomic E-state index is -0.841. The van der Waals surface area contributed by atoms with Gasteiger partial charge in [-0.1, -0.05) is 0 Å². The summed E-state index contributed by atoms with van der Waals surface area (Å²) in [5, 5.41) is 17.1. The molecule has 0 heterocycles. The summed E-state index contributed by atoms with van der Waals surface area (Å²) < 4.78 is 12.1. The van der Waals surface area contributed by atoms with Crippen LogP contribution in [0.4, 0.5) is 4.39 Å². The molecule has 0 spiro atoms. The lowest BCUT2D eigenvalue weighted by Crippen LogP contribution is -1.73. The van der Waals surface area contributed by atoms with E-state index >= 15 is 0 Å². The highest BCUT2D eigenvalue weighted by Crippen LogP contribution is 2.18. The fourth-order valence-corrected chi connectivity index (χ4v) is 0.447. The van der Waals surface area contributed by atoms with Crippen molar-refractivity contribution >= 4 is 0 Å². The highest BCUT2D eigenvalue weighted by atomic mass is 19.1. The van der Waals surface area contributed by atoms with Crippen LogP contribution in [0.2, 0.25) is 0 Å². The topological polar surface area (TPSA) is 40.5 Å². The van der Waals surface area contributed by atoms with Crippen molar-refractivity contribution in [2.75, 3.05) is 0 Å². The molecule has 1 aromatic carbocycles. The van der Waals surface area contributed by atoms with E-state index in [1.54, 1.807) is 0 Å². The van der Waals surface area contributed by atoms with Gasteiger partial charge >= 0.3 is 0 Å². The van der Waals surface area contributed by atoms with Crippen molar-refractivity contribution in [3.05, 3.63) is 24.0 Å². The molecule has 9 heavy (non-hydrogen) atoms. The molecule has 0 bridgehead atoms. The molecule has 0 amide bonds. The van der Waals surface area contributed by atoms with E-state index in [-0.39, 0.29) is 5.75 Å². The van der Waals surface area contributed by atoms with Crippen LogP contribution < -0.4 is 0 Å². The summed E-state index contributed by atoms with van der Waals surface area (Å²) in [6, 6.07) is 3.96. The van der Waals surface area contributed by atoms with E-state index in [2.05, 4.69) is 6.07 Å². The average Bonchev–Trinajstić information content (AvgIpc) is 1.80. The minimum Gasteiger partial charge on any atom is -0.507 e. The van der Waals surface area contributed by atoms with Gasteiger partial charge < -0.3 is 10.2 Å². The Morgan fingerprint density at radius 1 is 1.44 bits per heavy atom. The largest absolute Gasteiger partial charge is 0.507 e. The zero-order valence-electron chi connectivity index (χ0n) is 4.43. The molecule has 0 atom stereocenters. The Kier molecular flexibility index (Phi) is 1.26. The number of phenols is 2. The first-order valence-corrected chi connectivity index (χ1v) is 2.29. The fraction of sp³-hybridized carbons (Fsp3) is 0. The molecule has 0 aliphatic carbocycles. The number of rotatable bonds is 0. The molecule has 0 aliphatic rings. The first-order valence-electron chi connectivity index (χ1n) is 2.29. The summed E-state index contributed by atoms with van der Waals surface area (Å²) in [6.07, 6.45) is 0. The van der Waals surface area contributed by atoms with Gasteiger partial charge in [-0.15, -0.1) is 0 Å². The van der Waals surface area contributed by atoms with Crippen LogP contribution in [0.25, 0.3) is 0 Å². The average molecular weight is 127 g/mol. The number of benzene rings is 1. The molecule has 0 saturated heterocycles. The SMILES string of the molecule is Oc1[c]cc(O)c(F)c1. The normalized spacial score (nSPS) is 9.44. The van der Waals surface area contributed by atoms with Crippen molar-refractivity contribution in [3.63, 3.8) is 0 Å². The third kappa shape index (κ3) is 1.10. The van der Waals surface area contributed by atoms with Crippen molar-refractivity contribution in [2.45, 2.75) is 0 Å². The van der Waals surface area contributed by atoms with E-state index < -0.39 is 11.6 Å². The lowest BCUT2D eigenvalue weighted by Gasteiger charge is -1.92. The molecule has 0 saturated carbocycles. The quantitative estimate of drug-likeness (QED) is 0.511. The summed E-state index contributed by atoms with van der Waals surface area (Å²) in [4.78, 5) is 0. The zero-order chi connectivity index (χ0) is 6.85. The van der Waals surface area contributed by atoms with Gasteiger partial charge in [0.25, 0.3) is 0 Å². The fourth-order valence-electron chi connectivity index (χ4n) is 0.447. The van der Waals surface area contributed by atoms with E-state index in [0.717, 1.165) is 12.1 Å². The Hall–Kier alpha value is -1.25. The molecule has 0 aromatic heterocycles. The maximum absolute atomic E-state index is 12.1. The molecular weight excluding hydrogens is 123 g/mol. The van der Waals surface area contributed by atoms with Crippen molar-refractivity contribution < 1.29 is 14.6 Å². The Balaban J connectivity index is 3.17. The van der Waals surface area contributed by atoms with Gasteiger partial charge in [-0.25, -0.2) is 4.39 Å². The van der Waals surface area contributed by atoms with Crippen LogP contribution in [0.1, 0.15) is 0 Å². The van der Waals surface area contributed by atoms with Crippen LogP contribution >= 0.6 is 0 Å². The second kappa shape index (κ2) is 1.93. The molecule has 2 nitrogen and oxygen atoms in total. The first kappa shape index (κ1) is 5.88. The number of aromatic hydroxyl groups is 2. The predicted octanol–water partition coefficient (Wildman–Crippen LogP) is 1.04. The first-order chi connectivity index (χ1) is 4.20. The van der Waals surface area contributed by atoms with Crippen molar-refractivity contribution in [2.24, 2.45) is 0 Å². The number of halogens is 1. The Bertz CT molecular complexity index is 222. The van der Waals surface area contributed by atoms with Crippen LogP contribution in [-0.4, -0.2) is 10.2 Å². The molecule has 0 fully saturated rings. The van der Waals surface area contributed by atoms with Gasteiger partial charge in [-0.3, -0.25) is 0 Å². The Morgan fingerprint density at radius 2 is 2.11 bits per heavy atom. The van der Waals surface area contributed by atoms with Gasteiger partial charge in [0, 0.05) is 12.1 Å². The summed E-state index contributed by atoms with van der Waals surface area (Å²) in [6.45, 7) is 0. The lowest BCUT2D eigenvalue weighted by molar-refractivity contribution is 0.421. The molecule has 1 rings (SSSR count). The smallest absolute Gasteiger partial charge is 0.168 e. The van der Waals surface area contributed by atoms with Gasteiger partial charge in [-0.05, 0) is 6.07 Å². The van der Waals surface area contributed by atoms with Gasteiger partial charge in [0.05, 0.1) is 0 Å². The highest BCUT2D eigenvalue weighted by molar-refractivity contribution is 5.29. The van der Waals surface area contributed by atoms with Crippen LogP contribution in [0, 0.1) is 11.9 Å². The molecule has 3 heteroatoms. The number of hydrogen-bond donors (Lipinski definition) is 2. The standard InChI is InChI=1S/C6H4FO2/c7-5-3-4(8)1-2-6(5)9/h2-3,8-9H. The van der Waals surface area contributed by atoms with Crippen molar-refractivity contribution in [1.29, 1.82) is 0 Å². The molecule has 1 aromatic rings. The third-order valence-electron chi connectivity index (χ3n) is 0.865. The van der Waals surface area contributed by atoms with Gasteiger partial charge in [0.1, 0.15) is 5.75 Å². The summed E-state index contributed by atoms with van der Waals surface area (Å²) in [5.74, 6) is -1.66. The van der Waals surface area contributed by atoms with Crippen LogP contribution in [0.5, 0.6) is 11.5 Å². The second-order valence-corrected chi connectivity index (χ2v) is 1.55. The van der Waals surface area contributed by atoms with E-state index in [4.69, 9.17) is 10.2 Å². The molecular formula is C6H4FO2. The highest BCUT2D eigenvalue weighted by Gasteiger charge is 1.98. The van der Waals surface area contributed by atoms with Crippen molar-refractivity contribution in [1.82, 2.24) is 0 Å². The van der Waals surface area contributed by atoms with Gasteiger partial charge in [0.2, 0.25) is 0 Å². The molecule has 0 unspecified atom stereocenters. The zero-order valence-corrected chi connectivity index (χ0v) is 4.43. The van der Waals surface area contributed by atoms with Crippen LogP contribution in [0.15, 0.2) is 12.1 Å².